The first-order chi connectivity index (χ1) is 12.5. The molecule has 1 unspecified atom stereocenters. The zero-order chi connectivity index (χ0) is 18.9. The second kappa shape index (κ2) is 9.22. The number of nitrogens with one attached hydrogen (secondary N) is 1. The van der Waals surface area contributed by atoms with Crippen LogP contribution in [0.5, 0.6) is 0 Å². The van der Waals surface area contributed by atoms with Crippen LogP contribution in [-0.4, -0.2) is 29.1 Å². The molecule has 0 aliphatic carbocycles. The van der Waals surface area contributed by atoms with Crippen LogP contribution >= 0.6 is 0 Å². The Kier molecular flexibility index (Phi) is 6.73. The van der Waals surface area contributed by atoms with Crippen molar-refractivity contribution in [2.45, 2.75) is 19.1 Å². The molecular weight excluding hydrogens is 336 g/mol. The average molecular weight is 356 g/mol. The average Bonchev–Trinajstić information content (AvgIpc) is 2.64. The van der Waals surface area contributed by atoms with Gasteiger partial charge in [-0.2, -0.15) is 0 Å². The summed E-state index contributed by atoms with van der Waals surface area (Å²) in [5.74, 6) is -3.29. The Labute approximate surface area is 150 Å². The summed E-state index contributed by atoms with van der Waals surface area (Å²) in [5, 5.41) is 11.7. The number of alkyl carbamates (subject to hydrolysis) is 1. The predicted octanol–water partition coefficient (Wildman–Crippen LogP) is 1.71. The number of amides is 2. The molecule has 0 fully saturated rings. The maximum absolute atomic E-state index is 12.0. The first kappa shape index (κ1) is 19.0. The van der Waals surface area contributed by atoms with Crippen LogP contribution in [0.3, 0.4) is 0 Å². The van der Waals surface area contributed by atoms with E-state index in [-0.39, 0.29) is 13.0 Å². The summed E-state index contributed by atoms with van der Waals surface area (Å²) in [6, 6.07) is 16.3. The van der Waals surface area contributed by atoms with Crippen LogP contribution in [0.25, 0.3) is 0 Å². The molecule has 2 aromatic rings. The molecule has 26 heavy (non-hydrogen) atoms. The Balaban J connectivity index is 2.03. The van der Waals surface area contributed by atoms with Gasteiger partial charge in [0.05, 0.1) is 5.92 Å². The van der Waals surface area contributed by atoms with Crippen molar-refractivity contribution in [1.82, 2.24) is 5.32 Å². The standard InChI is InChI=1S/C19H20N2O5/c20-17(22)15(11-13-7-3-1-4-8-13)16(18(23)24)21-19(25)26-12-14-9-5-2-6-10-14/h1-10,15-16H,11-12H2,(H2,20,22)(H,21,25)(H,23,24)/t15?,16-/m0/s1. The smallest absolute Gasteiger partial charge is 0.408 e. The lowest BCUT2D eigenvalue weighted by Crippen LogP contribution is -2.51. The molecule has 7 nitrogen and oxygen atoms in total. The van der Waals surface area contributed by atoms with Crippen molar-refractivity contribution in [2.24, 2.45) is 11.7 Å². The normalized spacial score (nSPS) is 12.6. The van der Waals surface area contributed by atoms with Crippen molar-refractivity contribution in [1.29, 1.82) is 0 Å². The number of carbonyl (C=O) groups is 3. The Bertz CT molecular complexity index is 749. The summed E-state index contributed by atoms with van der Waals surface area (Å²) in [7, 11) is 0. The van der Waals surface area contributed by atoms with E-state index in [1.54, 1.807) is 54.6 Å². The predicted molar refractivity (Wildman–Crippen MR) is 94.0 cm³/mol. The van der Waals surface area contributed by atoms with E-state index >= 15 is 0 Å². The molecule has 2 rings (SSSR count). The van der Waals surface area contributed by atoms with Gasteiger partial charge in [-0.3, -0.25) is 4.79 Å². The third-order valence-corrected chi connectivity index (χ3v) is 3.82. The van der Waals surface area contributed by atoms with Gasteiger partial charge in [0.15, 0.2) is 0 Å². The van der Waals surface area contributed by atoms with Crippen LogP contribution in [0.4, 0.5) is 4.79 Å². The van der Waals surface area contributed by atoms with Gasteiger partial charge in [0.1, 0.15) is 12.6 Å². The van der Waals surface area contributed by atoms with E-state index in [1.807, 2.05) is 6.07 Å². The number of primary amides is 1. The summed E-state index contributed by atoms with van der Waals surface area (Å²) in [4.78, 5) is 35.3. The molecule has 0 heterocycles. The lowest BCUT2D eigenvalue weighted by atomic mass is 9.91. The summed E-state index contributed by atoms with van der Waals surface area (Å²) in [6.07, 6.45) is -0.841. The third-order valence-electron chi connectivity index (χ3n) is 3.82. The van der Waals surface area contributed by atoms with Crippen molar-refractivity contribution < 1.29 is 24.2 Å². The number of rotatable bonds is 8. The van der Waals surface area contributed by atoms with Crippen molar-refractivity contribution in [2.75, 3.05) is 0 Å². The van der Waals surface area contributed by atoms with E-state index < -0.39 is 29.9 Å². The van der Waals surface area contributed by atoms with Gasteiger partial charge in [-0.1, -0.05) is 60.7 Å². The zero-order valence-corrected chi connectivity index (χ0v) is 14.0. The number of benzene rings is 2. The largest absolute Gasteiger partial charge is 0.480 e. The molecule has 0 bridgehead atoms. The zero-order valence-electron chi connectivity index (χ0n) is 14.0. The van der Waals surface area contributed by atoms with E-state index in [9.17, 15) is 19.5 Å². The second-order valence-corrected chi connectivity index (χ2v) is 5.72. The first-order valence-corrected chi connectivity index (χ1v) is 8.00. The molecule has 0 aromatic heterocycles. The van der Waals surface area contributed by atoms with Gasteiger partial charge in [-0.25, -0.2) is 9.59 Å². The monoisotopic (exact) mass is 356 g/mol. The second-order valence-electron chi connectivity index (χ2n) is 5.72. The molecule has 2 aromatic carbocycles. The fraction of sp³-hybridized carbons (Fsp3) is 0.211. The number of carbonyl (C=O) groups excluding carboxylic acids is 2. The molecular formula is C19H20N2O5. The minimum Gasteiger partial charge on any atom is -0.480 e. The Morgan fingerprint density at radius 2 is 1.50 bits per heavy atom. The molecule has 4 N–H and O–H groups in total. The summed E-state index contributed by atoms with van der Waals surface area (Å²) in [5.41, 5.74) is 6.86. The topological polar surface area (TPSA) is 119 Å². The summed E-state index contributed by atoms with van der Waals surface area (Å²) >= 11 is 0. The highest BCUT2D eigenvalue weighted by Crippen LogP contribution is 2.14. The fourth-order valence-corrected chi connectivity index (χ4v) is 2.48. The Hall–Kier alpha value is -3.35. The van der Waals surface area contributed by atoms with Crippen molar-refractivity contribution in [3.05, 3.63) is 71.8 Å². The summed E-state index contributed by atoms with van der Waals surface area (Å²) in [6.45, 7) is -0.0149. The van der Waals surface area contributed by atoms with Crippen molar-refractivity contribution in [3.8, 4) is 0 Å². The van der Waals surface area contributed by atoms with Crippen LogP contribution in [0.2, 0.25) is 0 Å². The number of carboxylic acid groups (broad SMARTS) is 1. The maximum Gasteiger partial charge on any atom is 0.408 e. The highest BCUT2D eigenvalue weighted by molar-refractivity contribution is 5.88. The highest BCUT2D eigenvalue weighted by atomic mass is 16.5. The van der Waals surface area contributed by atoms with Crippen molar-refractivity contribution in [3.63, 3.8) is 0 Å². The maximum atomic E-state index is 12.0. The number of aliphatic carboxylic acids is 1. The van der Waals surface area contributed by atoms with Gasteiger partial charge in [0.25, 0.3) is 0 Å². The Morgan fingerprint density at radius 1 is 0.962 bits per heavy atom. The van der Waals surface area contributed by atoms with E-state index in [2.05, 4.69) is 5.32 Å². The van der Waals surface area contributed by atoms with Gasteiger partial charge in [-0.15, -0.1) is 0 Å². The lowest BCUT2D eigenvalue weighted by Gasteiger charge is -2.22. The van der Waals surface area contributed by atoms with Crippen molar-refractivity contribution >= 4 is 18.0 Å². The molecule has 2 atom stereocenters. The van der Waals surface area contributed by atoms with Crippen LogP contribution < -0.4 is 11.1 Å². The van der Waals surface area contributed by atoms with Gasteiger partial charge >= 0.3 is 12.1 Å². The third kappa shape index (κ3) is 5.62. The van der Waals surface area contributed by atoms with Crippen LogP contribution in [-0.2, 0) is 27.4 Å². The van der Waals surface area contributed by atoms with Crippen LogP contribution in [0, 0.1) is 5.92 Å². The van der Waals surface area contributed by atoms with Crippen LogP contribution in [0.1, 0.15) is 11.1 Å². The minimum atomic E-state index is -1.49. The van der Waals surface area contributed by atoms with E-state index in [4.69, 9.17) is 10.5 Å². The molecule has 0 spiro atoms. The molecule has 7 heteroatoms. The van der Waals surface area contributed by atoms with Gasteiger partial charge in [0, 0.05) is 0 Å². The molecule has 0 radical (unpaired) electrons. The van der Waals surface area contributed by atoms with Crippen LogP contribution in [0.15, 0.2) is 60.7 Å². The minimum absolute atomic E-state index is 0.0149. The van der Waals surface area contributed by atoms with E-state index in [1.165, 1.54) is 0 Å². The molecule has 136 valence electrons. The number of hydrogen-bond donors (Lipinski definition) is 3. The molecule has 2 amide bonds. The molecule has 0 saturated carbocycles. The molecule has 0 saturated heterocycles. The molecule has 0 aliphatic rings. The van der Waals surface area contributed by atoms with Gasteiger partial charge in [0.2, 0.25) is 5.91 Å². The lowest BCUT2D eigenvalue weighted by molar-refractivity contribution is -0.143. The SMILES string of the molecule is NC(=O)C(Cc1ccccc1)[C@H](NC(=O)OCc1ccccc1)C(=O)O. The first-order valence-electron chi connectivity index (χ1n) is 8.00. The van der Waals surface area contributed by atoms with Gasteiger partial charge in [-0.05, 0) is 17.5 Å². The van der Waals surface area contributed by atoms with E-state index in [0.717, 1.165) is 11.1 Å². The quantitative estimate of drug-likeness (QED) is 0.665. The van der Waals surface area contributed by atoms with Gasteiger partial charge < -0.3 is 20.9 Å². The number of ether oxygens (including phenoxy) is 1. The number of carboxylic acids is 1. The highest BCUT2D eigenvalue weighted by Gasteiger charge is 2.34. The Morgan fingerprint density at radius 3 is 2.00 bits per heavy atom. The fourth-order valence-electron chi connectivity index (χ4n) is 2.48. The number of nitrogens with two attached hydrogens (primary N) is 1. The van der Waals surface area contributed by atoms with E-state index in [0.29, 0.717) is 0 Å². The summed E-state index contributed by atoms with van der Waals surface area (Å²) < 4.78 is 5.02. The molecule has 0 aliphatic heterocycles. The number of hydrogen-bond acceptors (Lipinski definition) is 4.